The molecule has 0 aliphatic heterocycles. The van der Waals surface area contributed by atoms with Crippen LogP contribution in [-0.2, 0) is 0 Å². The Balaban J connectivity index is 2.37. The zero-order valence-corrected chi connectivity index (χ0v) is 11.7. The van der Waals surface area contributed by atoms with Crippen molar-refractivity contribution in [1.29, 1.82) is 0 Å². The maximum absolute atomic E-state index is 12.4. The van der Waals surface area contributed by atoms with E-state index in [4.69, 9.17) is 28.9 Å². The first kappa shape index (κ1) is 15.0. The third-order valence-electron chi connectivity index (χ3n) is 2.77. The van der Waals surface area contributed by atoms with Crippen molar-refractivity contribution in [2.24, 2.45) is 5.73 Å². The van der Waals surface area contributed by atoms with Gasteiger partial charge in [-0.2, -0.15) is 8.78 Å². The maximum atomic E-state index is 12.4. The highest BCUT2D eigenvalue weighted by atomic mass is 35.5. The van der Waals surface area contributed by atoms with Crippen molar-refractivity contribution in [3.05, 3.63) is 63.6 Å². The molecular weight excluding hydrogens is 307 g/mol. The summed E-state index contributed by atoms with van der Waals surface area (Å²) in [5.41, 5.74) is 7.19. The normalized spacial score (nSPS) is 12.5. The average Bonchev–Trinajstić information content (AvgIpc) is 2.41. The Morgan fingerprint density at radius 3 is 2.35 bits per heavy atom. The van der Waals surface area contributed by atoms with Crippen molar-refractivity contribution in [3.63, 3.8) is 0 Å². The highest BCUT2D eigenvalue weighted by molar-refractivity contribution is 6.42. The second-order valence-corrected chi connectivity index (χ2v) is 4.88. The molecule has 0 heterocycles. The van der Waals surface area contributed by atoms with E-state index in [0.717, 1.165) is 0 Å². The number of rotatable bonds is 4. The molecular formula is C14H11Cl2F2NO. The molecule has 0 saturated heterocycles. The fourth-order valence-electron chi connectivity index (χ4n) is 1.83. The number of benzene rings is 2. The minimum atomic E-state index is -2.91. The third kappa shape index (κ3) is 3.39. The molecule has 0 radical (unpaired) electrons. The third-order valence-corrected chi connectivity index (χ3v) is 3.51. The van der Waals surface area contributed by atoms with E-state index in [1.165, 1.54) is 6.07 Å². The molecule has 20 heavy (non-hydrogen) atoms. The number of para-hydroxylation sites is 1. The summed E-state index contributed by atoms with van der Waals surface area (Å²) < 4.78 is 29.2. The molecule has 1 unspecified atom stereocenters. The van der Waals surface area contributed by atoms with E-state index >= 15 is 0 Å². The molecule has 0 spiro atoms. The zero-order valence-electron chi connectivity index (χ0n) is 10.2. The lowest BCUT2D eigenvalue weighted by Gasteiger charge is -2.17. The number of alkyl halides is 2. The van der Waals surface area contributed by atoms with Crippen molar-refractivity contribution in [2.45, 2.75) is 12.7 Å². The van der Waals surface area contributed by atoms with Gasteiger partial charge in [0.15, 0.2) is 0 Å². The number of nitrogens with two attached hydrogens (primary N) is 1. The lowest BCUT2D eigenvalue weighted by molar-refractivity contribution is -0.0505. The quantitative estimate of drug-likeness (QED) is 0.891. The SMILES string of the molecule is NC(c1ccc(Cl)c(Cl)c1)c1ccccc1OC(F)F. The summed E-state index contributed by atoms with van der Waals surface area (Å²) in [6.45, 7) is -2.91. The van der Waals surface area contributed by atoms with E-state index < -0.39 is 12.7 Å². The molecule has 0 fully saturated rings. The van der Waals surface area contributed by atoms with Gasteiger partial charge in [0.2, 0.25) is 0 Å². The lowest BCUT2D eigenvalue weighted by atomic mass is 9.99. The number of hydrogen-bond donors (Lipinski definition) is 1. The molecule has 2 N–H and O–H groups in total. The van der Waals surface area contributed by atoms with Crippen LogP contribution in [0.4, 0.5) is 8.78 Å². The smallest absolute Gasteiger partial charge is 0.387 e. The highest BCUT2D eigenvalue weighted by Gasteiger charge is 2.17. The van der Waals surface area contributed by atoms with Crippen molar-refractivity contribution < 1.29 is 13.5 Å². The van der Waals surface area contributed by atoms with Gasteiger partial charge in [-0.05, 0) is 23.8 Å². The van der Waals surface area contributed by atoms with E-state index in [0.29, 0.717) is 21.2 Å². The highest BCUT2D eigenvalue weighted by Crippen LogP contribution is 2.32. The van der Waals surface area contributed by atoms with Crippen molar-refractivity contribution in [2.75, 3.05) is 0 Å². The predicted octanol–water partition coefficient (Wildman–Crippen LogP) is 4.64. The molecule has 2 nitrogen and oxygen atoms in total. The van der Waals surface area contributed by atoms with Gasteiger partial charge in [-0.3, -0.25) is 0 Å². The van der Waals surface area contributed by atoms with Crippen molar-refractivity contribution in [1.82, 2.24) is 0 Å². The Bertz CT molecular complexity index is 607. The van der Waals surface area contributed by atoms with Crippen LogP contribution >= 0.6 is 23.2 Å². The molecule has 106 valence electrons. The zero-order chi connectivity index (χ0) is 14.7. The number of hydrogen-bond acceptors (Lipinski definition) is 2. The summed E-state index contributed by atoms with van der Waals surface area (Å²) in [4.78, 5) is 0. The van der Waals surface area contributed by atoms with E-state index in [9.17, 15) is 8.78 Å². The topological polar surface area (TPSA) is 35.2 Å². The van der Waals surface area contributed by atoms with Gasteiger partial charge >= 0.3 is 6.61 Å². The average molecular weight is 318 g/mol. The van der Waals surface area contributed by atoms with Crippen molar-refractivity contribution in [3.8, 4) is 5.75 Å². The molecule has 0 saturated carbocycles. The van der Waals surface area contributed by atoms with Gasteiger partial charge in [0, 0.05) is 5.56 Å². The summed E-state index contributed by atoms with van der Waals surface area (Å²) in [5.74, 6) is 0.0427. The first-order valence-corrected chi connectivity index (χ1v) is 6.49. The second kappa shape index (κ2) is 6.39. The molecule has 0 bridgehead atoms. The van der Waals surface area contributed by atoms with Crippen LogP contribution in [-0.4, -0.2) is 6.61 Å². The second-order valence-electron chi connectivity index (χ2n) is 4.07. The van der Waals surface area contributed by atoms with Gasteiger partial charge in [-0.15, -0.1) is 0 Å². The Morgan fingerprint density at radius 1 is 1.00 bits per heavy atom. The summed E-state index contributed by atoms with van der Waals surface area (Å²) in [5, 5.41) is 0.756. The number of ether oxygens (including phenoxy) is 1. The van der Waals surface area contributed by atoms with Crippen LogP contribution in [0.2, 0.25) is 10.0 Å². The largest absolute Gasteiger partial charge is 0.434 e. The minimum Gasteiger partial charge on any atom is -0.434 e. The monoisotopic (exact) mass is 317 g/mol. The maximum Gasteiger partial charge on any atom is 0.387 e. The lowest BCUT2D eigenvalue weighted by Crippen LogP contribution is -2.14. The Hall–Kier alpha value is -1.36. The summed E-state index contributed by atoms with van der Waals surface area (Å²) in [6.07, 6.45) is 0. The standard InChI is InChI=1S/C14H11Cl2F2NO/c15-10-6-5-8(7-11(10)16)13(19)9-3-1-2-4-12(9)20-14(17)18/h1-7,13-14H,19H2. The molecule has 0 aromatic heterocycles. The van der Waals surface area contributed by atoms with Crippen LogP contribution in [0.15, 0.2) is 42.5 Å². The summed E-state index contributed by atoms with van der Waals surface area (Å²) in [7, 11) is 0. The van der Waals surface area contributed by atoms with Crippen LogP contribution in [0, 0.1) is 0 Å². The summed E-state index contributed by atoms with van der Waals surface area (Å²) in [6, 6.07) is 10.6. The molecule has 0 amide bonds. The van der Waals surface area contributed by atoms with E-state index in [1.54, 1.807) is 36.4 Å². The van der Waals surface area contributed by atoms with E-state index in [1.807, 2.05) is 0 Å². The molecule has 6 heteroatoms. The van der Waals surface area contributed by atoms with Crippen LogP contribution in [0.1, 0.15) is 17.2 Å². The summed E-state index contributed by atoms with van der Waals surface area (Å²) >= 11 is 11.8. The van der Waals surface area contributed by atoms with Gasteiger partial charge in [-0.1, -0.05) is 47.5 Å². The van der Waals surface area contributed by atoms with Crippen molar-refractivity contribution >= 4 is 23.2 Å². The van der Waals surface area contributed by atoms with Gasteiger partial charge in [0.05, 0.1) is 16.1 Å². The Labute approximate surface area is 125 Å². The van der Waals surface area contributed by atoms with Crippen LogP contribution in [0.3, 0.4) is 0 Å². The Morgan fingerprint density at radius 2 is 1.70 bits per heavy atom. The fraction of sp³-hybridized carbons (Fsp3) is 0.143. The molecule has 2 rings (SSSR count). The first-order chi connectivity index (χ1) is 9.49. The Kier molecular flexibility index (Phi) is 4.81. The van der Waals surface area contributed by atoms with Crippen LogP contribution in [0.25, 0.3) is 0 Å². The van der Waals surface area contributed by atoms with Gasteiger partial charge in [-0.25, -0.2) is 0 Å². The molecule has 2 aromatic carbocycles. The predicted molar refractivity (Wildman–Crippen MR) is 75.6 cm³/mol. The van der Waals surface area contributed by atoms with E-state index in [2.05, 4.69) is 4.74 Å². The van der Waals surface area contributed by atoms with Crippen LogP contribution in [0.5, 0.6) is 5.75 Å². The van der Waals surface area contributed by atoms with E-state index in [-0.39, 0.29) is 5.75 Å². The van der Waals surface area contributed by atoms with Gasteiger partial charge in [0.25, 0.3) is 0 Å². The molecule has 1 atom stereocenters. The van der Waals surface area contributed by atoms with Gasteiger partial charge in [0.1, 0.15) is 5.75 Å². The van der Waals surface area contributed by atoms with Gasteiger partial charge < -0.3 is 10.5 Å². The number of halogens is 4. The molecule has 0 aliphatic carbocycles. The fourth-order valence-corrected chi connectivity index (χ4v) is 2.13. The minimum absolute atomic E-state index is 0.0427. The molecule has 0 aliphatic rings. The first-order valence-electron chi connectivity index (χ1n) is 5.73. The van der Waals surface area contributed by atoms with Crippen LogP contribution < -0.4 is 10.5 Å². The molecule has 2 aromatic rings.